The van der Waals surface area contributed by atoms with Crippen LogP contribution in [0.3, 0.4) is 0 Å². The minimum Gasteiger partial charge on any atom is -0.452 e. The molecule has 4 nitrogen and oxygen atoms in total. The van der Waals surface area contributed by atoms with E-state index < -0.39 is 5.97 Å². The zero-order chi connectivity index (χ0) is 19.7. The van der Waals surface area contributed by atoms with E-state index in [0.29, 0.717) is 21.7 Å². The molecule has 3 aromatic carbocycles. The normalized spacial score (nSPS) is 13.9. The lowest BCUT2D eigenvalue weighted by Crippen LogP contribution is -2.08. The van der Waals surface area contributed by atoms with Crippen LogP contribution in [0.1, 0.15) is 26.3 Å². The predicted octanol–water partition coefficient (Wildman–Crippen LogP) is 5.31. The van der Waals surface area contributed by atoms with Gasteiger partial charge in [0.15, 0.2) is 5.76 Å². The van der Waals surface area contributed by atoms with Crippen LogP contribution in [-0.2, 0) is 0 Å². The average Bonchev–Trinajstić information content (AvgIpc) is 2.98. The van der Waals surface area contributed by atoms with Crippen LogP contribution in [0.4, 0.5) is 4.39 Å². The first kappa shape index (κ1) is 17.9. The highest BCUT2D eigenvalue weighted by molar-refractivity contribution is 6.30. The molecule has 0 amide bonds. The van der Waals surface area contributed by atoms with Gasteiger partial charge in [0, 0.05) is 11.1 Å². The smallest absolute Gasteiger partial charge is 0.343 e. The molecular weight excluding hydrogens is 383 g/mol. The first-order chi connectivity index (χ1) is 13.5. The van der Waals surface area contributed by atoms with Gasteiger partial charge in [0.1, 0.15) is 17.3 Å². The third kappa shape index (κ3) is 3.66. The number of halogens is 2. The summed E-state index contributed by atoms with van der Waals surface area (Å²) in [5.41, 5.74) is 1.29. The summed E-state index contributed by atoms with van der Waals surface area (Å²) in [6, 6.07) is 16.6. The third-order valence-electron chi connectivity index (χ3n) is 4.08. The SMILES string of the molecule is O=C(Oc1ccc2c(c1)O/C(=C\c1ccc(F)cc1)C2=O)c1cccc(Cl)c1. The van der Waals surface area contributed by atoms with E-state index in [-0.39, 0.29) is 28.9 Å². The quantitative estimate of drug-likeness (QED) is 0.343. The summed E-state index contributed by atoms with van der Waals surface area (Å²) in [5.74, 6) is -0.606. The Labute approximate surface area is 164 Å². The van der Waals surface area contributed by atoms with Crippen molar-refractivity contribution in [3.63, 3.8) is 0 Å². The van der Waals surface area contributed by atoms with E-state index >= 15 is 0 Å². The summed E-state index contributed by atoms with van der Waals surface area (Å²) in [4.78, 5) is 24.7. The van der Waals surface area contributed by atoms with E-state index in [1.807, 2.05) is 0 Å². The Kier molecular flexibility index (Phi) is 4.67. The van der Waals surface area contributed by atoms with Crippen molar-refractivity contribution in [2.45, 2.75) is 0 Å². The number of rotatable bonds is 3. The molecule has 0 atom stereocenters. The van der Waals surface area contributed by atoms with Gasteiger partial charge in [-0.25, -0.2) is 9.18 Å². The summed E-state index contributed by atoms with van der Waals surface area (Å²) >= 11 is 5.88. The fourth-order valence-electron chi connectivity index (χ4n) is 2.72. The van der Waals surface area contributed by atoms with Gasteiger partial charge in [-0.05, 0) is 54.1 Å². The lowest BCUT2D eigenvalue weighted by molar-refractivity contribution is 0.0734. The van der Waals surface area contributed by atoms with Crippen molar-refractivity contribution >= 4 is 29.4 Å². The molecule has 1 heterocycles. The second-order valence-corrected chi connectivity index (χ2v) is 6.49. The highest BCUT2D eigenvalue weighted by Gasteiger charge is 2.28. The maximum absolute atomic E-state index is 13.0. The number of carbonyl (C=O) groups is 2. The largest absolute Gasteiger partial charge is 0.452 e. The van der Waals surface area contributed by atoms with Crippen molar-refractivity contribution in [3.05, 3.63) is 100 Å². The van der Waals surface area contributed by atoms with E-state index in [1.54, 1.807) is 30.3 Å². The number of carbonyl (C=O) groups excluding carboxylic acids is 2. The minimum absolute atomic E-state index is 0.111. The van der Waals surface area contributed by atoms with Crippen LogP contribution in [0.25, 0.3) is 6.08 Å². The Bertz CT molecular complexity index is 1120. The summed E-state index contributed by atoms with van der Waals surface area (Å²) in [5, 5.41) is 0.424. The van der Waals surface area contributed by atoms with Crippen LogP contribution < -0.4 is 9.47 Å². The number of benzene rings is 3. The van der Waals surface area contributed by atoms with Gasteiger partial charge in [-0.3, -0.25) is 4.79 Å². The zero-order valence-electron chi connectivity index (χ0n) is 14.3. The van der Waals surface area contributed by atoms with Crippen LogP contribution in [0.2, 0.25) is 5.02 Å². The Morgan fingerprint density at radius 3 is 2.57 bits per heavy atom. The van der Waals surface area contributed by atoms with Gasteiger partial charge < -0.3 is 9.47 Å². The van der Waals surface area contributed by atoms with Gasteiger partial charge in [0.05, 0.1) is 11.1 Å². The van der Waals surface area contributed by atoms with Crippen LogP contribution >= 0.6 is 11.6 Å². The molecule has 1 aliphatic rings. The number of ether oxygens (including phenoxy) is 2. The average molecular weight is 395 g/mol. The van der Waals surface area contributed by atoms with Crippen molar-refractivity contribution in [1.29, 1.82) is 0 Å². The molecule has 0 radical (unpaired) electrons. The van der Waals surface area contributed by atoms with E-state index in [9.17, 15) is 14.0 Å². The van der Waals surface area contributed by atoms with E-state index in [0.717, 1.165) is 0 Å². The Morgan fingerprint density at radius 2 is 1.82 bits per heavy atom. The molecule has 0 bridgehead atoms. The number of Topliss-reactive ketones (excluding diaryl/α,β-unsaturated/α-hetero) is 1. The minimum atomic E-state index is -0.575. The molecule has 0 saturated carbocycles. The van der Waals surface area contributed by atoms with Crippen molar-refractivity contribution in [2.24, 2.45) is 0 Å². The Morgan fingerprint density at radius 1 is 1.04 bits per heavy atom. The summed E-state index contributed by atoms with van der Waals surface area (Å²) < 4.78 is 24.0. The van der Waals surface area contributed by atoms with Crippen molar-refractivity contribution in [1.82, 2.24) is 0 Å². The van der Waals surface area contributed by atoms with Crippen LogP contribution in [0.15, 0.2) is 72.5 Å². The maximum atomic E-state index is 13.0. The molecule has 0 saturated heterocycles. The van der Waals surface area contributed by atoms with E-state index in [2.05, 4.69) is 0 Å². The molecule has 0 unspecified atom stereocenters. The molecule has 0 aliphatic carbocycles. The standard InChI is InChI=1S/C22H12ClFO4/c23-15-3-1-2-14(11-15)22(26)27-17-8-9-18-19(12-17)28-20(21(18)25)10-13-4-6-16(24)7-5-13/h1-12H/b20-10-. The summed E-state index contributed by atoms with van der Waals surface area (Å²) in [6.07, 6.45) is 1.53. The fourth-order valence-corrected chi connectivity index (χ4v) is 2.91. The molecular formula is C22H12ClFO4. The lowest BCUT2D eigenvalue weighted by Gasteiger charge is -2.06. The van der Waals surface area contributed by atoms with Crippen molar-refractivity contribution < 1.29 is 23.5 Å². The second kappa shape index (κ2) is 7.29. The van der Waals surface area contributed by atoms with Crippen LogP contribution in [-0.4, -0.2) is 11.8 Å². The van der Waals surface area contributed by atoms with Gasteiger partial charge >= 0.3 is 5.97 Å². The first-order valence-electron chi connectivity index (χ1n) is 8.31. The second-order valence-electron chi connectivity index (χ2n) is 6.05. The van der Waals surface area contributed by atoms with E-state index in [4.69, 9.17) is 21.1 Å². The maximum Gasteiger partial charge on any atom is 0.343 e. The van der Waals surface area contributed by atoms with Crippen molar-refractivity contribution in [3.8, 4) is 11.5 Å². The molecule has 28 heavy (non-hydrogen) atoms. The highest BCUT2D eigenvalue weighted by atomic mass is 35.5. The highest BCUT2D eigenvalue weighted by Crippen LogP contribution is 2.35. The monoisotopic (exact) mass is 394 g/mol. The van der Waals surface area contributed by atoms with Crippen LogP contribution in [0, 0.1) is 5.82 Å². The van der Waals surface area contributed by atoms with Gasteiger partial charge in [-0.1, -0.05) is 29.8 Å². The molecule has 138 valence electrons. The van der Waals surface area contributed by atoms with Gasteiger partial charge in [-0.2, -0.15) is 0 Å². The Hall–Kier alpha value is -3.44. The zero-order valence-corrected chi connectivity index (χ0v) is 15.1. The number of ketones is 1. The molecule has 1 aliphatic heterocycles. The third-order valence-corrected chi connectivity index (χ3v) is 4.32. The number of fused-ring (bicyclic) bond motifs is 1. The predicted molar refractivity (Wildman–Crippen MR) is 102 cm³/mol. The molecule has 0 aromatic heterocycles. The number of hydrogen-bond donors (Lipinski definition) is 0. The Balaban J connectivity index is 1.55. The molecule has 4 rings (SSSR count). The lowest BCUT2D eigenvalue weighted by atomic mass is 10.1. The van der Waals surface area contributed by atoms with Gasteiger partial charge in [-0.15, -0.1) is 0 Å². The van der Waals surface area contributed by atoms with E-state index in [1.165, 1.54) is 42.5 Å². The first-order valence-corrected chi connectivity index (χ1v) is 8.69. The molecule has 0 spiro atoms. The topological polar surface area (TPSA) is 52.6 Å². The van der Waals surface area contributed by atoms with Gasteiger partial charge in [0.2, 0.25) is 5.78 Å². The molecule has 0 N–H and O–H groups in total. The molecule has 6 heteroatoms. The number of esters is 1. The number of hydrogen-bond acceptors (Lipinski definition) is 4. The number of allylic oxidation sites excluding steroid dienone is 1. The summed E-state index contributed by atoms with van der Waals surface area (Å²) in [7, 11) is 0. The van der Waals surface area contributed by atoms with Crippen LogP contribution in [0.5, 0.6) is 11.5 Å². The molecule has 0 fully saturated rings. The van der Waals surface area contributed by atoms with Gasteiger partial charge in [0.25, 0.3) is 0 Å². The van der Waals surface area contributed by atoms with Crippen molar-refractivity contribution in [2.75, 3.05) is 0 Å². The summed E-state index contributed by atoms with van der Waals surface area (Å²) in [6.45, 7) is 0. The fraction of sp³-hybridized carbons (Fsp3) is 0. The molecule has 3 aromatic rings.